The Hall–Kier alpha value is -1.50. The molecule has 0 aromatic heterocycles. The molecule has 0 bridgehead atoms. The summed E-state index contributed by atoms with van der Waals surface area (Å²) >= 11 is 11.7. The first-order valence-corrected chi connectivity index (χ1v) is 7.99. The fraction of sp³-hybridized carbons (Fsp3) is 0.0769. The summed E-state index contributed by atoms with van der Waals surface area (Å²) in [6.45, 7) is 1.69. The molecule has 0 heterocycles. The van der Waals surface area contributed by atoms with Crippen molar-refractivity contribution in [2.75, 3.05) is 10.5 Å². The molecule has 2 aromatic rings. The lowest BCUT2D eigenvalue weighted by Gasteiger charge is -2.13. The predicted octanol–water partition coefficient (Wildman–Crippen LogP) is 3.82. The number of sulfonamides is 1. The Kier molecular flexibility index (Phi) is 4.32. The highest BCUT2D eigenvalue weighted by Crippen LogP contribution is 2.31. The van der Waals surface area contributed by atoms with Gasteiger partial charge in [-0.2, -0.15) is 0 Å². The second-order valence-electron chi connectivity index (χ2n) is 4.34. The van der Waals surface area contributed by atoms with Gasteiger partial charge in [-0.15, -0.1) is 0 Å². The normalized spacial score (nSPS) is 11.4. The van der Waals surface area contributed by atoms with E-state index in [9.17, 15) is 12.8 Å². The summed E-state index contributed by atoms with van der Waals surface area (Å²) in [6.07, 6.45) is 0. The molecule has 0 saturated heterocycles. The maximum absolute atomic E-state index is 13.7. The number of hydrogen-bond donors (Lipinski definition) is 2. The van der Waals surface area contributed by atoms with Gasteiger partial charge in [-0.25, -0.2) is 12.8 Å². The summed E-state index contributed by atoms with van der Waals surface area (Å²) in [7, 11) is -4.11. The molecule has 112 valence electrons. The number of rotatable bonds is 3. The highest BCUT2D eigenvalue weighted by atomic mass is 35.5. The van der Waals surface area contributed by atoms with E-state index in [1.54, 1.807) is 6.92 Å². The molecule has 8 heteroatoms. The van der Waals surface area contributed by atoms with E-state index >= 15 is 0 Å². The highest BCUT2D eigenvalue weighted by molar-refractivity contribution is 7.92. The molecule has 0 amide bonds. The molecular formula is C13H11Cl2FN2O2S. The Labute approximate surface area is 131 Å². The molecule has 0 radical (unpaired) electrons. The maximum atomic E-state index is 13.7. The summed E-state index contributed by atoms with van der Waals surface area (Å²) < 4.78 is 40.4. The van der Waals surface area contributed by atoms with Gasteiger partial charge in [0.15, 0.2) is 0 Å². The van der Waals surface area contributed by atoms with Crippen LogP contribution in [-0.4, -0.2) is 8.42 Å². The third kappa shape index (κ3) is 3.23. The van der Waals surface area contributed by atoms with Gasteiger partial charge in [0.05, 0.1) is 10.0 Å². The zero-order chi connectivity index (χ0) is 15.8. The molecule has 0 saturated carbocycles. The zero-order valence-corrected chi connectivity index (χ0v) is 13.2. The fourth-order valence-corrected chi connectivity index (χ4v) is 3.63. The molecule has 0 aliphatic heterocycles. The second-order valence-corrected chi connectivity index (χ2v) is 6.81. The molecule has 0 unspecified atom stereocenters. The third-order valence-corrected chi connectivity index (χ3v) is 4.94. The summed E-state index contributed by atoms with van der Waals surface area (Å²) in [5, 5.41) is -0.0727. The van der Waals surface area contributed by atoms with Crippen LogP contribution in [0.5, 0.6) is 0 Å². The third-order valence-electron chi connectivity index (χ3n) is 2.81. The monoisotopic (exact) mass is 348 g/mol. The van der Waals surface area contributed by atoms with Crippen LogP contribution in [0.3, 0.4) is 0 Å². The molecule has 0 aliphatic rings. The van der Waals surface area contributed by atoms with E-state index in [1.165, 1.54) is 24.3 Å². The Morgan fingerprint density at radius 1 is 1.19 bits per heavy atom. The smallest absolute Gasteiger partial charge is 0.263 e. The van der Waals surface area contributed by atoms with E-state index in [1.807, 2.05) is 0 Å². The molecule has 2 aromatic carbocycles. The van der Waals surface area contributed by atoms with Gasteiger partial charge in [0, 0.05) is 5.69 Å². The molecule has 0 aliphatic carbocycles. The number of aryl methyl sites for hydroxylation is 1. The van der Waals surface area contributed by atoms with E-state index in [0.717, 1.165) is 6.07 Å². The van der Waals surface area contributed by atoms with Crippen LogP contribution >= 0.6 is 23.2 Å². The Morgan fingerprint density at radius 2 is 1.86 bits per heavy atom. The number of halogens is 3. The van der Waals surface area contributed by atoms with Crippen LogP contribution < -0.4 is 10.5 Å². The van der Waals surface area contributed by atoms with Crippen LogP contribution in [0.1, 0.15) is 5.56 Å². The van der Waals surface area contributed by atoms with E-state index < -0.39 is 15.8 Å². The summed E-state index contributed by atoms with van der Waals surface area (Å²) in [5.74, 6) is -0.790. The molecule has 0 spiro atoms. The first-order valence-electron chi connectivity index (χ1n) is 5.75. The van der Waals surface area contributed by atoms with Crippen molar-refractivity contribution in [1.29, 1.82) is 0 Å². The minimum absolute atomic E-state index is 0.0124. The molecular weight excluding hydrogens is 338 g/mol. The molecule has 21 heavy (non-hydrogen) atoms. The van der Waals surface area contributed by atoms with Crippen molar-refractivity contribution in [3.63, 3.8) is 0 Å². The lowest BCUT2D eigenvalue weighted by atomic mass is 10.2. The van der Waals surface area contributed by atoms with Crippen molar-refractivity contribution in [3.05, 3.63) is 51.8 Å². The first-order chi connectivity index (χ1) is 9.72. The fourth-order valence-electron chi connectivity index (χ4n) is 1.66. The van der Waals surface area contributed by atoms with Crippen molar-refractivity contribution in [1.82, 2.24) is 0 Å². The van der Waals surface area contributed by atoms with Gasteiger partial charge in [0.1, 0.15) is 16.4 Å². The number of nitrogens with one attached hydrogen (secondary N) is 1. The van der Waals surface area contributed by atoms with Gasteiger partial charge in [-0.3, -0.25) is 4.72 Å². The van der Waals surface area contributed by atoms with Gasteiger partial charge < -0.3 is 5.73 Å². The quantitative estimate of drug-likeness (QED) is 0.828. The van der Waals surface area contributed by atoms with E-state index in [4.69, 9.17) is 28.9 Å². The highest BCUT2D eigenvalue weighted by Gasteiger charge is 2.22. The first kappa shape index (κ1) is 15.9. The van der Waals surface area contributed by atoms with E-state index in [-0.39, 0.29) is 26.3 Å². The molecule has 0 fully saturated rings. The van der Waals surface area contributed by atoms with Gasteiger partial charge in [-0.05, 0) is 36.8 Å². The van der Waals surface area contributed by atoms with Crippen molar-refractivity contribution in [2.45, 2.75) is 11.8 Å². The lowest BCUT2D eigenvalue weighted by molar-refractivity contribution is 0.598. The molecule has 0 atom stereocenters. The largest absolute Gasteiger partial charge is 0.398 e. The molecule has 4 nitrogen and oxygen atoms in total. The molecule has 2 rings (SSSR count). The van der Waals surface area contributed by atoms with Crippen LogP contribution in [0, 0.1) is 12.7 Å². The van der Waals surface area contributed by atoms with Gasteiger partial charge in [0.25, 0.3) is 10.0 Å². The van der Waals surface area contributed by atoms with Crippen molar-refractivity contribution >= 4 is 44.6 Å². The number of hydrogen-bond acceptors (Lipinski definition) is 3. The van der Waals surface area contributed by atoms with E-state index in [2.05, 4.69) is 4.72 Å². The molecule has 3 N–H and O–H groups in total. The topological polar surface area (TPSA) is 72.2 Å². The minimum Gasteiger partial charge on any atom is -0.398 e. The summed E-state index contributed by atoms with van der Waals surface area (Å²) in [4.78, 5) is -0.244. The van der Waals surface area contributed by atoms with Gasteiger partial charge in [-0.1, -0.05) is 29.3 Å². The van der Waals surface area contributed by atoms with Crippen LogP contribution in [0.4, 0.5) is 15.8 Å². The summed E-state index contributed by atoms with van der Waals surface area (Å²) in [6, 6.07) is 6.47. The Morgan fingerprint density at radius 3 is 2.48 bits per heavy atom. The van der Waals surface area contributed by atoms with Crippen LogP contribution in [0.25, 0.3) is 0 Å². The van der Waals surface area contributed by atoms with Crippen LogP contribution in [0.2, 0.25) is 10.0 Å². The lowest BCUT2D eigenvalue weighted by Crippen LogP contribution is -2.15. The Bertz CT molecular complexity index is 790. The van der Waals surface area contributed by atoms with Gasteiger partial charge in [0.2, 0.25) is 0 Å². The number of benzene rings is 2. The average molecular weight is 349 g/mol. The number of anilines is 2. The number of nitrogen functional groups attached to an aromatic ring is 1. The maximum Gasteiger partial charge on any atom is 0.263 e. The average Bonchev–Trinajstić information content (AvgIpc) is 2.38. The van der Waals surface area contributed by atoms with Crippen LogP contribution in [-0.2, 0) is 10.0 Å². The standard InChI is InChI=1S/C13H11Cl2FN2O2S/c1-7-5-9(15)12(6-11(7)17)21(19,20)18-13-8(14)3-2-4-10(13)16/h2-6,18H,17H2,1H3. The predicted molar refractivity (Wildman–Crippen MR) is 82.8 cm³/mol. The van der Waals surface area contributed by atoms with Crippen molar-refractivity contribution in [2.24, 2.45) is 0 Å². The number of para-hydroxylation sites is 1. The zero-order valence-electron chi connectivity index (χ0n) is 10.8. The van der Waals surface area contributed by atoms with Crippen molar-refractivity contribution < 1.29 is 12.8 Å². The minimum atomic E-state index is -4.11. The summed E-state index contributed by atoms with van der Waals surface area (Å²) in [5.41, 5.74) is 6.25. The van der Waals surface area contributed by atoms with E-state index in [0.29, 0.717) is 5.56 Å². The SMILES string of the molecule is Cc1cc(Cl)c(S(=O)(=O)Nc2c(F)cccc2Cl)cc1N. The van der Waals surface area contributed by atoms with Crippen LogP contribution in [0.15, 0.2) is 35.2 Å². The van der Waals surface area contributed by atoms with Gasteiger partial charge >= 0.3 is 0 Å². The van der Waals surface area contributed by atoms with Crippen molar-refractivity contribution in [3.8, 4) is 0 Å². The Balaban J connectivity index is 2.51. The number of nitrogens with two attached hydrogens (primary N) is 1. The second kappa shape index (κ2) is 5.71.